The summed E-state index contributed by atoms with van der Waals surface area (Å²) in [6.45, 7) is 0.791. The summed E-state index contributed by atoms with van der Waals surface area (Å²) < 4.78 is 13.1. The van der Waals surface area contributed by atoms with E-state index >= 15 is 0 Å². The number of ether oxygens (including phenoxy) is 2. The molecule has 1 N–H and O–H groups in total. The summed E-state index contributed by atoms with van der Waals surface area (Å²) in [5.41, 5.74) is 1.89. The molecule has 0 unspecified atom stereocenters. The number of halogens is 1. The smallest absolute Gasteiger partial charge is 0.255 e. The summed E-state index contributed by atoms with van der Waals surface area (Å²) in [6.07, 6.45) is 5.15. The van der Waals surface area contributed by atoms with Crippen molar-refractivity contribution >= 4 is 27.5 Å². The maximum atomic E-state index is 12.5. The van der Waals surface area contributed by atoms with E-state index in [-0.39, 0.29) is 5.91 Å². The number of hydrogen-bond acceptors (Lipinski definition) is 5. The zero-order valence-corrected chi connectivity index (χ0v) is 15.6. The number of carbonyl (C=O) groups excluding carboxylic acids is 1. The minimum atomic E-state index is -0.247. The lowest BCUT2D eigenvalue weighted by Gasteiger charge is -2.11. The first-order valence-electron chi connectivity index (χ1n) is 7.86. The van der Waals surface area contributed by atoms with Gasteiger partial charge in [-0.1, -0.05) is 0 Å². The molecule has 3 aromatic rings. The number of rotatable bonds is 7. The molecule has 0 aliphatic carbocycles. The van der Waals surface area contributed by atoms with Gasteiger partial charge in [-0.15, -0.1) is 0 Å². The first kappa shape index (κ1) is 18.1. The third kappa shape index (κ3) is 4.47. The van der Waals surface area contributed by atoms with E-state index in [1.807, 2.05) is 18.3 Å². The highest BCUT2D eigenvalue weighted by Gasteiger charge is 2.11. The highest BCUT2D eigenvalue weighted by atomic mass is 79.9. The van der Waals surface area contributed by atoms with Crippen LogP contribution in [0.1, 0.15) is 10.4 Å². The highest BCUT2D eigenvalue weighted by Crippen LogP contribution is 2.21. The second-order valence-electron chi connectivity index (χ2n) is 5.30. The van der Waals surface area contributed by atoms with Gasteiger partial charge in [0.15, 0.2) is 0 Å². The quantitative estimate of drug-likeness (QED) is 0.597. The number of nitrogens with zero attached hydrogens (tertiary/aromatic N) is 3. The van der Waals surface area contributed by atoms with Crippen LogP contribution in [0.3, 0.4) is 0 Å². The van der Waals surface area contributed by atoms with E-state index in [1.165, 1.54) is 0 Å². The van der Waals surface area contributed by atoms with Gasteiger partial charge in [-0.2, -0.15) is 5.10 Å². The summed E-state index contributed by atoms with van der Waals surface area (Å²) >= 11 is 3.36. The molecule has 2 aromatic heterocycles. The Balaban J connectivity index is 1.70. The molecule has 3 rings (SSSR count). The van der Waals surface area contributed by atoms with E-state index in [9.17, 15) is 4.79 Å². The lowest BCUT2D eigenvalue weighted by atomic mass is 10.2. The van der Waals surface area contributed by atoms with Crippen molar-refractivity contribution in [2.24, 2.45) is 0 Å². The summed E-state index contributed by atoms with van der Waals surface area (Å²) in [4.78, 5) is 16.6. The van der Waals surface area contributed by atoms with Crippen LogP contribution in [0.2, 0.25) is 0 Å². The molecule has 0 bridgehead atoms. The molecule has 0 radical (unpaired) electrons. The Morgan fingerprint density at radius 2 is 2.04 bits per heavy atom. The number of pyridine rings is 1. The fourth-order valence-corrected chi connectivity index (χ4v) is 2.51. The van der Waals surface area contributed by atoms with Crippen molar-refractivity contribution in [1.29, 1.82) is 0 Å². The Morgan fingerprint density at radius 1 is 1.23 bits per heavy atom. The van der Waals surface area contributed by atoms with Gasteiger partial charge in [0.05, 0.1) is 23.0 Å². The number of nitrogens with one attached hydrogen (secondary N) is 1. The van der Waals surface area contributed by atoms with Gasteiger partial charge >= 0.3 is 0 Å². The fraction of sp³-hybridized carbons (Fsp3) is 0.167. The zero-order chi connectivity index (χ0) is 18.4. The van der Waals surface area contributed by atoms with Crippen LogP contribution < -0.4 is 10.1 Å². The van der Waals surface area contributed by atoms with Crippen molar-refractivity contribution in [3.8, 4) is 11.6 Å². The Kier molecular flexibility index (Phi) is 5.98. The van der Waals surface area contributed by atoms with Crippen LogP contribution in [0.4, 0.5) is 5.69 Å². The van der Waals surface area contributed by atoms with Gasteiger partial charge in [-0.3, -0.25) is 4.79 Å². The van der Waals surface area contributed by atoms with Crippen molar-refractivity contribution in [2.45, 2.75) is 0 Å². The Morgan fingerprint density at radius 3 is 2.73 bits per heavy atom. The minimum Gasteiger partial charge on any atom is -0.474 e. The molecular weight excluding hydrogens is 400 g/mol. The number of carbonyl (C=O) groups is 1. The number of hydrogen-bond donors (Lipinski definition) is 1. The van der Waals surface area contributed by atoms with Crippen LogP contribution in [0.25, 0.3) is 5.69 Å². The maximum Gasteiger partial charge on any atom is 0.255 e. The Hall–Kier alpha value is -2.71. The molecule has 1 amide bonds. The molecule has 0 aliphatic rings. The molecule has 134 valence electrons. The molecule has 2 heterocycles. The monoisotopic (exact) mass is 416 g/mol. The van der Waals surface area contributed by atoms with Gasteiger partial charge in [0.1, 0.15) is 12.3 Å². The summed E-state index contributed by atoms with van der Waals surface area (Å²) in [5.74, 6) is 0.110. The average Bonchev–Trinajstić information content (AvgIpc) is 3.10. The van der Waals surface area contributed by atoms with Gasteiger partial charge in [-0.25, -0.2) is 9.67 Å². The molecule has 0 saturated carbocycles. The van der Waals surface area contributed by atoms with Crippen molar-refractivity contribution in [3.63, 3.8) is 0 Å². The van der Waals surface area contributed by atoms with Crippen molar-refractivity contribution in [2.75, 3.05) is 25.6 Å². The minimum absolute atomic E-state index is 0.247. The van der Waals surface area contributed by atoms with Crippen LogP contribution in [0, 0.1) is 0 Å². The molecular formula is C18H17BrN4O3. The van der Waals surface area contributed by atoms with E-state index in [0.717, 1.165) is 10.2 Å². The Labute approximate surface area is 159 Å². The van der Waals surface area contributed by atoms with Gasteiger partial charge < -0.3 is 14.8 Å². The number of anilines is 1. The second-order valence-corrected chi connectivity index (χ2v) is 6.22. The molecule has 0 saturated heterocycles. The van der Waals surface area contributed by atoms with Gasteiger partial charge in [0.2, 0.25) is 5.88 Å². The largest absolute Gasteiger partial charge is 0.474 e. The number of methoxy groups -OCH3 is 1. The molecule has 1 aromatic carbocycles. The first-order valence-corrected chi connectivity index (χ1v) is 8.65. The molecule has 0 spiro atoms. The SMILES string of the molecule is COCCOc1ncccc1NC(=O)c1ccc(-n2cc(Br)cn2)cc1. The third-order valence-electron chi connectivity index (χ3n) is 3.49. The molecule has 0 atom stereocenters. The summed E-state index contributed by atoms with van der Waals surface area (Å²) in [6, 6.07) is 10.6. The second kappa shape index (κ2) is 8.59. The standard InChI is InChI=1S/C18H17BrN4O3/c1-25-9-10-26-18-16(3-2-8-20-18)22-17(24)13-4-6-15(7-5-13)23-12-14(19)11-21-23/h2-8,11-12H,9-10H2,1H3,(H,22,24). The van der Waals surface area contributed by atoms with E-state index < -0.39 is 0 Å². The van der Waals surface area contributed by atoms with Gasteiger partial charge in [0.25, 0.3) is 5.91 Å². The topological polar surface area (TPSA) is 78.3 Å². The lowest BCUT2D eigenvalue weighted by molar-refractivity contribution is 0.102. The van der Waals surface area contributed by atoms with E-state index in [1.54, 1.807) is 48.5 Å². The highest BCUT2D eigenvalue weighted by molar-refractivity contribution is 9.10. The van der Waals surface area contributed by atoms with Crippen molar-refractivity contribution in [1.82, 2.24) is 14.8 Å². The van der Waals surface area contributed by atoms with Crippen LogP contribution in [0.5, 0.6) is 5.88 Å². The van der Waals surface area contributed by atoms with Crippen LogP contribution in [-0.2, 0) is 4.74 Å². The predicted molar refractivity (Wildman–Crippen MR) is 101 cm³/mol. The number of aromatic nitrogens is 3. The molecule has 8 heteroatoms. The predicted octanol–water partition coefficient (Wildman–Crippen LogP) is 3.31. The van der Waals surface area contributed by atoms with Crippen LogP contribution in [-0.4, -0.2) is 41.0 Å². The normalized spacial score (nSPS) is 10.5. The third-order valence-corrected chi connectivity index (χ3v) is 3.90. The van der Waals surface area contributed by atoms with Crippen molar-refractivity contribution in [3.05, 3.63) is 65.0 Å². The number of amides is 1. The lowest BCUT2D eigenvalue weighted by Crippen LogP contribution is -2.14. The van der Waals surface area contributed by atoms with Gasteiger partial charge in [-0.05, 0) is 52.3 Å². The molecule has 26 heavy (non-hydrogen) atoms. The molecule has 7 nitrogen and oxygen atoms in total. The van der Waals surface area contributed by atoms with E-state index in [4.69, 9.17) is 9.47 Å². The van der Waals surface area contributed by atoms with Gasteiger partial charge in [0, 0.05) is 25.1 Å². The van der Waals surface area contributed by atoms with Crippen molar-refractivity contribution < 1.29 is 14.3 Å². The zero-order valence-electron chi connectivity index (χ0n) is 14.1. The average molecular weight is 417 g/mol. The first-order chi connectivity index (χ1) is 12.7. The van der Waals surface area contributed by atoms with E-state index in [2.05, 4.69) is 31.3 Å². The molecule has 0 fully saturated rings. The van der Waals surface area contributed by atoms with Crippen LogP contribution in [0.15, 0.2) is 59.5 Å². The van der Waals surface area contributed by atoms with E-state index in [0.29, 0.717) is 30.3 Å². The maximum absolute atomic E-state index is 12.5. The fourth-order valence-electron chi connectivity index (χ4n) is 2.22. The summed E-state index contributed by atoms with van der Waals surface area (Å²) in [7, 11) is 1.59. The Bertz CT molecular complexity index is 880. The summed E-state index contributed by atoms with van der Waals surface area (Å²) in [5, 5.41) is 7.03. The number of benzene rings is 1. The van der Waals surface area contributed by atoms with Crippen LogP contribution >= 0.6 is 15.9 Å². The molecule has 0 aliphatic heterocycles.